The molecule has 1 saturated carbocycles. The molecular formula is C10H21N3O2. The molecule has 1 fully saturated rings. The van der Waals surface area contributed by atoms with Gasteiger partial charge in [0.2, 0.25) is 0 Å². The second kappa shape index (κ2) is 7.48. The fourth-order valence-electron chi connectivity index (χ4n) is 1.25. The number of amides is 2. The van der Waals surface area contributed by atoms with E-state index in [0.29, 0.717) is 19.2 Å². The predicted molar refractivity (Wildman–Crippen MR) is 58.4 cm³/mol. The number of urea groups is 1. The first-order chi connectivity index (χ1) is 7.33. The highest BCUT2D eigenvalue weighted by atomic mass is 16.6. The third-order valence-electron chi connectivity index (χ3n) is 2.38. The summed E-state index contributed by atoms with van der Waals surface area (Å²) >= 11 is 0. The average Bonchev–Trinajstić information content (AvgIpc) is 2.17. The van der Waals surface area contributed by atoms with Crippen LogP contribution in [-0.4, -0.2) is 31.8 Å². The van der Waals surface area contributed by atoms with Crippen molar-refractivity contribution in [3.05, 3.63) is 0 Å². The highest BCUT2D eigenvalue weighted by Gasteiger charge is 2.18. The van der Waals surface area contributed by atoms with Gasteiger partial charge in [-0.25, -0.2) is 10.3 Å². The van der Waals surface area contributed by atoms with E-state index in [4.69, 9.17) is 4.84 Å². The van der Waals surface area contributed by atoms with Crippen LogP contribution in [0.1, 0.15) is 32.6 Å². The van der Waals surface area contributed by atoms with Gasteiger partial charge < -0.3 is 10.6 Å². The first-order valence-corrected chi connectivity index (χ1v) is 5.72. The molecule has 0 heterocycles. The smallest absolute Gasteiger partial charge is 0.315 e. The van der Waals surface area contributed by atoms with Crippen molar-refractivity contribution >= 4 is 6.03 Å². The zero-order valence-corrected chi connectivity index (χ0v) is 9.34. The summed E-state index contributed by atoms with van der Waals surface area (Å²) in [5.41, 5.74) is 2.80. The highest BCUT2D eigenvalue weighted by Crippen LogP contribution is 2.17. The van der Waals surface area contributed by atoms with Crippen LogP contribution in [-0.2, 0) is 4.84 Å². The van der Waals surface area contributed by atoms with Crippen molar-refractivity contribution in [3.63, 3.8) is 0 Å². The normalized spacial score (nSPS) is 15.8. The molecule has 5 heteroatoms. The van der Waals surface area contributed by atoms with Crippen molar-refractivity contribution in [1.82, 2.24) is 16.1 Å². The summed E-state index contributed by atoms with van der Waals surface area (Å²) in [6.07, 6.45) is 4.49. The number of hydroxylamine groups is 1. The molecule has 1 rings (SSSR count). The first kappa shape index (κ1) is 12.3. The molecule has 0 atom stereocenters. The highest BCUT2D eigenvalue weighted by molar-refractivity contribution is 5.74. The van der Waals surface area contributed by atoms with E-state index < -0.39 is 0 Å². The van der Waals surface area contributed by atoms with Crippen LogP contribution in [0, 0.1) is 0 Å². The number of hydrogen-bond donors (Lipinski definition) is 3. The van der Waals surface area contributed by atoms with Crippen molar-refractivity contribution in [3.8, 4) is 0 Å². The zero-order chi connectivity index (χ0) is 10.9. The molecule has 0 bridgehead atoms. The van der Waals surface area contributed by atoms with Gasteiger partial charge in [0, 0.05) is 19.1 Å². The number of hydrogen-bond acceptors (Lipinski definition) is 3. The fourth-order valence-corrected chi connectivity index (χ4v) is 1.25. The fraction of sp³-hybridized carbons (Fsp3) is 0.900. The third-order valence-corrected chi connectivity index (χ3v) is 2.38. The molecule has 0 radical (unpaired) electrons. The van der Waals surface area contributed by atoms with Crippen molar-refractivity contribution in [2.24, 2.45) is 0 Å². The van der Waals surface area contributed by atoms with Crippen LogP contribution in [0.3, 0.4) is 0 Å². The summed E-state index contributed by atoms with van der Waals surface area (Å²) in [6.45, 7) is 3.95. The molecule has 5 nitrogen and oxygen atoms in total. The monoisotopic (exact) mass is 215 g/mol. The summed E-state index contributed by atoms with van der Waals surface area (Å²) in [7, 11) is 0. The second-order valence-electron chi connectivity index (χ2n) is 3.77. The molecule has 2 amide bonds. The molecule has 3 N–H and O–H groups in total. The maximum Gasteiger partial charge on any atom is 0.315 e. The third kappa shape index (κ3) is 5.59. The molecule has 1 aliphatic carbocycles. The van der Waals surface area contributed by atoms with E-state index in [9.17, 15) is 4.79 Å². The van der Waals surface area contributed by atoms with Gasteiger partial charge in [0.15, 0.2) is 0 Å². The van der Waals surface area contributed by atoms with Gasteiger partial charge in [-0.2, -0.15) is 0 Å². The van der Waals surface area contributed by atoms with Gasteiger partial charge >= 0.3 is 6.03 Å². The van der Waals surface area contributed by atoms with E-state index in [2.05, 4.69) is 23.0 Å². The SMILES string of the molecule is CCCNOCCNC(=O)NC1CCC1. The minimum absolute atomic E-state index is 0.0845. The van der Waals surface area contributed by atoms with E-state index in [1.165, 1.54) is 6.42 Å². The van der Waals surface area contributed by atoms with Crippen molar-refractivity contribution < 1.29 is 9.63 Å². The van der Waals surface area contributed by atoms with Crippen LogP contribution in [0.15, 0.2) is 0 Å². The van der Waals surface area contributed by atoms with Gasteiger partial charge in [0.05, 0.1) is 6.61 Å². The van der Waals surface area contributed by atoms with Gasteiger partial charge in [-0.05, 0) is 25.7 Å². The van der Waals surface area contributed by atoms with Gasteiger partial charge in [-0.1, -0.05) is 6.92 Å². The van der Waals surface area contributed by atoms with E-state index >= 15 is 0 Å². The second-order valence-corrected chi connectivity index (χ2v) is 3.77. The van der Waals surface area contributed by atoms with Gasteiger partial charge in [-0.15, -0.1) is 0 Å². The Balaban J connectivity index is 1.83. The largest absolute Gasteiger partial charge is 0.336 e. The molecule has 0 aromatic rings. The molecular weight excluding hydrogens is 194 g/mol. The molecule has 15 heavy (non-hydrogen) atoms. The maximum absolute atomic E-state index is 11.2. The summed E-state index contributed by atoms with van der Waals surface area (Å²) in [6, 6.07) is 0.308. The minimum atomic E-state index is -0.0845. The van der Waals surface area contributed by atoms with E-state index in [1.54, 1.807) is 0 Å². The number of rotatable bonds is 7. The topological polar surface area (TPSA) is 62.4 Å². The number of carbonyl (C=O) groups excluding carboxylic acids is 1. The molecule has 1 aliphatic rings. The lowest BCUT2D eigenvalue weighted by molar-refractivity contribution is 0.0443. The van der Waals surface area contributed by atoms with Crippen LogP contribution < -0.4 is 16.1 Å². The van der Waals surface area contributed by atoms with Crippen molar-refractivity contribution in [1.29, 1.82) is 0 Å². The molecule has 0 saturated heterocycles. The molecule has 0 spiro atoms. The molecule has 0 aliphatic heterocycles. The van der Waals surface area contributed by atoms with Crippen molar-refractivity contribution in [2.75, 3.05) is 19.7 Å². The Morgan fingerprint density at radius 1 is 1.40 bits per heavy atom. The maximum atomic E-state index is 11.2. The Labute approximate surface area is 90.9 Å². The minimum Gasteiger partial charge on any atom is -0.336 e. The Morgan fingerprint density at radius 2 is 2.20 bits per heavy atom. The molecule has 0 aromatic carbocycles. The Morgan fingerprint density at radius 3 is 2.80 bits per heavy atom. The quantitative estimate of drug-likeness (QED) is 0.434. The molecule has 88 valence electrons. The van der Waals surface area contributed by atoms with E-state index in [1.807, 2.05) is 0 Å². The standard InChI is InChI=1S/C10H21N3O2/c1-2-6-12-15-8-7-11-10(14)13-9-4-3-5-9/h9,12H,2-8H2,1H3,(H2,11,13,14). The summed E-state index contributed by atoms with van der Waals surface area (Å²) in [5, 5.41) is 5.64. The average molecular weight is 215 g/mol. The summed E-state index contributed by atoms with van der Waals surface area (Å²) in [5.74, 6) is 0. The van der Waals surface area contributed by atoms with E-state index in [0.717, 1.165) is 25.8 Å². The Hall–Kier alpha value is -0.810. The lowest BCUT2D eigenvalue weighted by Crippen LogP contribution is -2.46. The van der Waals surface area contributed by atoms with Crippen LogP contribution in [0.5, 0.6) is 0 Å². The van der Waals surface area contributed by atoms with Gasteiger partial charge in [0.1, 0.15) is 0 Å². The summed E-state index contributed by atoms with van der Waals surface area (Å²) in [4.78, 5) is 16.3. The van der Waals surface area contributed by atoms with Gasteiger partial charge in [0.25, 0.3) is 0 Å². The van der Waals surface area contributed by atoms with Crippen LogP contribution in [0.2, 0.25) is 0 Å². The lowest BCUT2D eigenvalue weighted by atomic mass is 9.93. The predicted octanol–water partition coefficient (Wildman–Crippen LogP) is 0.769. The van der Waals surface area contributed by atoms with Crippen molar-refractivity contribution in [2.45, 2.75) is 38.6 Å². The molecule has 0 unspecified atom stereocenters. The molecule has 0 aromatic heterocycles. The van der Waals surface area contributed by atoms with Crippen LogP contribution in [0.4, 0.5) is 4.79 Å². The number of carbonyl (C=O) groups is 1. The van der Waals surface area contributed by atoms with Crippen LogP contribution in [0.25, 0.3) is 0 Å². The van der Waals surface area contributed by atoms with Crippen LogP contribution >= 0.6 is 0 Å². The first-order valence-electron chi connectivity index (χ1n) is 5.72. The number of nitrogens with one attached hydrogen (secondary N) is 3. The summed E-state index contributed by atoms with van der Waals surface area (Å²) < 4.78 is 0. The zero-order valence-electron chi connectivity index (χ0n) is 9.34. The van der Waals surface area contributed by atoms with E-state index in [-0.39, 0.29) is 6.03 Å². The lowest BCUT2D eigenvalue weighted by Gasteiger charge is -2.26. The van der Waals surface area contributed by atoms with Gasteiger partial charge in [-0.3, -0.25) is 4.84 Å². The Kier molecular flexibility index (Phi) is 6.11. The Bertz CT molecular complexity index is 184.